The van der Waals surface area contributed by atoms with E-state index in [2.05, 4.69) is 5.32 Å². The van der Waals surface area contributed by atoms with Crippen LogP contribution in [-0.4, -0.2) is 21.8 Å². The van der Waals surface area contributed by atoms with Crippen molar-refractivity contribution in [2.75, 3.05) is 5.32 Å². The molecule has 0 saturated heterocycles. The third-order valence-corrected chi connectivity index (χ3v) is 3.86. The van der Waals surface area contributed by atoms with E-state index >= 15 is 0 Å². The Balaban J connectivity index is 2.25. The monoisotopic (exact) mass is 417 g/mol. The normalized spacial score (nSPS) is 12.0. The molecule has 0 amide bonds. The predicted octanol–water partition coefficient (Wildman–Crippen LogP) is 5.34. The fraction of sp³-hybridized carbons (Fsp3) is 0.316. The molecule has 0 heterocycles. The van der Waals surface area contributed by atoms with Crippen molar-refractivity contribution in [3.05, 3.63) is 52.0 Å². The molecule has 0 atom stereocenters. The van der Waals surface area contributed by atoms with Crippen molar-refractivity contribution >= 4 is 23.3 Å². The van der Waals surface area contributed by atoms with Crippen LogP contribution in [0.5, 0.6) is 11.5 Å². The molecule has 2 aromatic rings. The summed E-state index contributed by atoms with van der Waals surface area (Å²) in [4.78, 5) is 12.2. The van der Waals surface area contributed by atoms with Crippen LogP contribution in [0.2, 0.25) is 5.02 Å². The molecule has 0 saturated carbocycles. The summed E-state index contributed by atoms with van der Waals surface area (Å²) in [6, 6.07) is 5.40. The van der Waals surface area contributed by atoms with Crippen molar-refractivity contribution < 1.29 is 32.9 Å². The number of esters is 1. The molecule has 0 fully saturated rings. The van der Waals surface area contributed by atoms with Gasteiger partial charge in [-0.3, -0.25) is 0 Å². The fourth-order valence-electron chi connectivity index (χ4n) is 2.29. The molecule has 3 N–H and O–H groups in total. The van der Waals surface area contributed by atoms with E-state index in [0.29, 0.717) is 11.8 Å². The van der Waals surface area contributed by atoms with Gasteiger partial charge in [-0.05, 0) is 51.1 Å². The topological polar surface area (TPSA) is 78.8 Å². The van der Waals surface area contributed by atoms with E-state index in [1.807, 2.05) is 0 Å². The van der Waals surface area contributed by atoms with Crippen LogP contribution in [-0.2, 0) is 17.5 Å². The van der Waals surface area contributed by atoms with Crippen molar-refractivity contribution in [3.63, 3.8) is 0 Å². The number of alkyl halides is 3. The SMILES string of the molecule is CC(C)(C)OC(=O)c1cc(NCc2cc(C(F)(F)F)cc(Cl)c2O)ccc1O. The molecule has 152 valence electrons. The van der Waals surface area contributed by atoms with Crippen LogP contribution in [0, 0.1) is 0 Å². The largest absolute Gasteiger partial charge is 0.507 e. The third-order valence-electron chi connectivity index (χ3n) is 3.57. The van der Waals surface area contributed by atoms with E-state index in [1.54, 1.807) is 20.8 Å². The first kappa shape index (κ1) is 21.7. The molecule has 0 aliphatic carbocycles. The van der Waals surface area contributed by atoms with E-state index in [0.717, 1.165) is 6.07 Å². The first-order valence-electron chi connectivity index (χ1n) is 8.17. The van der Waals surface area contributed by atoms with Crippen molar-refractivity contribution in [3.8, 4) is 11.5 Å². The lowest BCUT2D eigenvalue weighted by Crippen LogP contribution is -2.24. The highest BCUT2D eigenvalue weighted by Gasteiger charge is 2.32. The number of phenols is 2. The van der Waals surface area contributed by atoms with Gasteiger partial charge < -0.3 is 20.3 Å². The number of hydrogen-bond donors (Lipinski definition) is 3. The lowest BCUT2D eigenvalue weighted by molar-refractivity contribution is -0.137. The average molecular weight is 418 g/mol. The van der Waals surface area contributed by atoms with Crippen LogP contribution in [0.25, 0.3) is 0 Å². The van der Waals surface area contributed by atoms with Gasteiger partial charge in [0.1, 0.15) is 22.7 Å². The number of hydrogen-bond acceptors (Lipinski definition) is 5. The number of nitrogens with one attached hydrogen (secondary N) is 1. The molecule has 0 spiro atoms. The summed E-state index contributed by atoms with van der Waals surface area (Å²) < 4.78 is 44.0. The van der Waals surface area contributed by atoms with Gasteiger partial charge in [-0.25, -0.2) is 4.79 Å². The molecule has 0 unspecified atom stereocenters. The number of anilines is 1. The molecule has 2 aromatic carbocycles. The molecule has 5 nitrogen and oxygen atoms in total. The number of halogens is 4. The van der Waals surface area contributed by atoms with Gasteiger partial charge in [-0.2, -0.15) is 13.2 Å². The number of ether oxygens (including phenoxy) is 1. The van der Waals surface area contributed by atoms with Crippen molar-refractivity contribution in [1.29, 1.82) is 0 Å². The highest BCUT2D eigenvalue weighted by Crippen LogP contribution is 2.37. The Morgan fingerprint density at radius 2 is 1.79 bits per heavy atom. The highest BCUT2D eigenvalue weighted by atomic mass is 35.5. The zero-order valence-corrected chi connectivity index (χ0v) is 16.1. The van der Waals surface area contributed by atoms with Crippen LogP contribution >= 0.6 is 11.6 Å². The second kappa shape index (κ2) is 7.79. The lowest BCUT2D eigenvalue weighted by atomic mass is 10.1. The van der Waals surface area contributed by atoms with Crippen LogP contribution in [0.1, 0.15) is 42.3 Å². The molecule has 0 aromatic heterocycles. The molecule has 0 radical (unpaired) electrons. The first-order chi connectivity index (χ1) is 12.8. The van der Waals surface area contributed by atoms with E-state index in [4.69, 9.17) is 16.3 Å². The maximum Gasteiger partial charge on any atom is 0.416 e. The molecular weight excluding hydrogens is 399 g/mol. The minimum atomic E-state index is -4.62. The fourth-order valence-corrected chi connectivity index (χ4v) is 2.53. The van der Waals surface area contributed by atoms with Crippen LogP contribution in [0.4, 0.5) is 18.9 Å². The van der Waals surface area contributed by atoms with Gasteiger partial charge in [0.15, 0.2) is 0 Å². The molecule has 2 rings (SSSR count). The van der Waals surface area contributed by atoms with Gasteiger partial charge in [0.25, 0.3) is 0 Å². The maximum atomic E-state index is 12.9. The summed E-state index contributed by atoms with van der Waals surface area (Å²) in [7, 11) is 0. The highest BCUT2D eigenvalue weighted by molar-refractivity contribution is 6.32. The predicted molar refractivity (Wildman–Crippen MR) is 98.7 cm³/mol. The summed E-state index contributed by atoms with van der Waals surface area (Å²) in [5.41, 5.74) is -1.62. The zero-order chi connectivity index (χ0) is 21.3. The number of carbonyl (C=O) groups is 1. The summed E-state index contributed by atoms with van der Waals surface area (Å²) in [5, 5.41) is 22.2. The molecule has 9 heteroatoms. The van der Waals surface area contributed by atoms with Gasteiger partial charge in [-0.15, -0.1) is 0 Å². The van der Waals surface area contributed by atoms with Crippen LogP contribution in [0.15, 0.2) is 30.3 Å². The molecular formula is C19H19ClF3NO4. The Bertz CT molecular complexity index is 892. The third kappa shape index (κ3) is 5.45. The molecule has 0 aliphatic heterocycles. The first-order valence-corrected chi connectivity index (χ1v) is 8.54. The Morgan fingerprint density at radius 3 is 2.36 bits per heavy atom. The van der Waals surface area contributed by atoms with Gasteiger partial charge >= 0.3 is 12.1 Å². The average Bonchev–Trinajstić information content (AvgIpc) is 2.54. The number of carbonyl (C=O) groups excluding carboxylic acids is 1. The molecule has 28 heavy (non-hydrogen) atoms. The molecule has 0 bridgehead atoms. The van der Waals surface area contributed by atoms with Crippen molar-refractivity contribution in [2.45, 2.75) is 39.1 Å². The van der Waals surface area contributed by atoms with Crippen molar-refractivity contribution in [2.24, 2.45) is 0 Å². The van der Waals surface area contributed by atoms with Crippen molar-refractivity contribution in [1.82, 2.24) is 0 Å². The number of rotatable bonds is 4. The van der Waals surface area contributed by atoms with Crippen LogP contribution < -0.4 is 5.32 Å². The zero-order valence-electron chi connectivity index (χ0n) is 15.3. The lowest BCUT2D eigenvalue weighted by Gasteiger charge is -2.20. The standard InChI is InChI=1S/C19H19ClF3NO4/c1-18(2,3)28-17(27)13-8-12(4-5-15(13)25)24-9-10-6-11(19(21,22)23)7-14(20)16(10)26/h4-8,24-26H,9H2,1-3H3. The minimum absolute atomic E-state index is 0.0771. The van der Waals surface area contributed by atoms with Gasteiger partial charge in [0.05, 0.1) is 10.6 Å². The Kier molecular flexibility index (Phi) is 6.03. The minimum Gasteiger partial charge on any atom is -0.507 e. The number of phenolic OH excluding ortho intramolecular Hbond substituents is 2. The van der Waals surface area contributed by atoms with E-state index in [1.165, 1.54) is 18.2 Å². The van der Waals surface area contributed by atoms with Gasteiger partial charge in [-0.1, -0.05) is 11.6 Å². The second-order valence-corrected chi connectivity index (χ2v) is 7.46. The van der Waals surface area contributed by atoms with Gasteiger partial charge in [0, 0.05) is 17.8 Å². The summed E-state index contributed by atoms with van der Waals surface area (Å²) in [6.45, 7) is 4.81. The van der Waals surface area contributed by atoms with Crippen LogP contribution in [0.3, 0.4) is 0 Å². The summed E-state index contributed by atoms with van der Waals surface area (Å²) in [5.74, 6) is -1.53. The Morgan fingerprint density at radius 1 is 1.14 bits per heavy atom. The maximum absolute atomic E-state index is 12.9. The summed E-state index contributed by atoms with van der Waals surface area (Å²) >= 11 is 5.68. The second-order valence-electron chi connectivity index (χ2n) is 7.05. The Labute approximate surface area is 164 Å². The Hall–Kier alpha value is -2.61. The van der Waals surface area contributed by atoms with Gasteiger partial charge in [0.2, 0.25) is 0 Å². The van der Waals surface area contributed by atoms with E-state index < -0.39 is 34.1 Å². The number of benzene rings is 2. The quantitative estimate of drug-likeness (QED) is 0.462. The van der Waals surface area contributed by atoms with E-state index in [9.17, 15) is 28.2 Å². The summed E-state index contributed by atoms with van der Waals surface area (Å²) in [6.07, 6.45) is -4.62. The molecule has 0 aliphatic rings. The smallest absolute Gasteiger partial charge is 0.416 e. The number of aromatic hydroxyl groups is 2. The van der Waals surface area contributed by atoms with E-state index in [-0.39, 0.29) is 23.4 Å².